The molecule has 1 aliphatic rings. The Morgan fingerprint density at radius 1 is 1.38 bits per heavy atom. The van der Waals surface area contributed by atoms with E-state index in [1.54, 1.807) is 6.07 Å². The van der Waals surface area contributed by atoms with Crippen molar-refractivity contribution in [1.29, 1.82) is 0 Å². The van der Waals surface area contributed by atoms with Gasteiger partial charge in [-0.2, -0.15) is 0 Å². The maximum atomic E-state index is 11.8. The predicted molar refractivity (Wildman–Crippen MR) is 78.0 cm³/mol. The highest BCUT2D eigenvalue weighted by Gasteiger charge is 2.21. The van der Waals surface area contributed by atoms with E-state index < -0.39 is 6.04 Å². The summed E-state index contributed by atoms with van der Waals surface area (Å²) in [6.45, 7) is 1.71. The summed E-state index contributed by atoms with van der Waals surface area (Å²) in [5, 5.41) is 21.3. The average Bonchev–Trinajstić information content (AvgIpc) is 3.26. The van der Waals surface area contributed by atoms with Crippen molar-refractivity contribution >= 4 is 5.91 Å². The van der Waals surface area contributed by atoms with Crippen molar-refractivity contribution in [3.8, 4) is 11.5 Å². The van der Waals surface area contributed by atoms with Gasteiger partial charge in [-0.1, -0.05) is 6.07 Å². The Labute approximate surface area is 123 Å². The van der Waals surface area contributed by atoms with Crippen LogP contribution >= 0.6 is 0 Å². The molecule has 0 heterocycles. The highest BCUT2D eigenvalue weighted by molar-refractivity contribution is 5.81. The molecule has 2 rings (SSSR count). The van der Waals surface area contributed by atoms with Crippen molar-refractivity contribution in [2.45, 2.75) is 25.3 Å². The van der Waals surface area contributed by atoms with Gasteiger partial charge in [0.25, 0.3) is 0 Å². The summed E-state index contributed by atoms with van der Waals surface area (Å²) >= 11 is 0. The summed E-state index contributed by atoms with van der Waals surface area (Å²) < 4.78 is 5.42. The molecule has 0 aliphatic heterocycles. The van der Waals surface area contributed by atoms with Gasteiger partial charge in [0.2, 0.25) is 5.91 Å². The van der Waals surface area contributed by atoms with Gasteiger partial charge in [-0.15, -0.1) is 0 Å². The van der Waals surface area contributed by atoms with Crippen LogP contribution in [0.3, 0.4) is 0 Å². The van der Waals surface area contributed by atoms with Crippen molar-refractivity contribution < 1.29 is 19.7 Å². The van der Waals surface area contributed by atoms with Gasteiger partial charge in [-0.25, -0.2) is 0 Å². The standard InChI is InChI=1S/C15H22N2O4/c16-12(7-11-3-4-13(18)14(19)8-11)15(20)17-5-6-21-9-10-1-2-10/h3-4,8,10,12,18-19H,1-2,5-7,9,16H2,(H,17,20)/t12-/m0/s1. The molecule has 1 saturated carbocycles. The molecular formula is C15H22N2O4. The highest BCUT2D eigenvalue weighted by Crippen LogP contribution is 2.28. The van der Waals surface area contributed by atoms with Crippen molar-refractivity contribution in [3.63, 3.8) is 0 Å². The number of carbonyl (C=O) groups excluding carboxylic acids is 1. The lowest BCUT2D eigenvalue weighted by Crippen LogP contribution is -2.43. The first kappa shape index (κ1) is 15.6. The normalized spacial score (nSPS) is 15.7. The molecular weight excluding hydrogens is 272 g/mol. The van der Waals surface area contributed by atoms with Crippen LogP contribution in [0.15, 0.2) is 18.2 Å². The van der Waals surface area contributed by atoms with Crippen molar-refractivity contribution in [2.75, 3.05) is 19.8 Å². The molecule has 0 spiro atoms. The Balaban J connectivity index is 1.67. The van der Waals surface area contributed by atoms with Crippen LogP contribution in [0.5, 0.6) is 11.5 Å². The van der Waals surface area contributed by atoms with E-state index in [0.717, 1.165) is 6.61 Å². The number of amides is 1. The largest absolute Gasteiger partial charge is 0.504 e. The minimum atomic E-state index is -0.697. The number of aromatic hydroxyl groups is 2. The Morgan fingerprint density at radius 2 is 2.14 bits per heavy atom. The molecule has 1 amide bonds. The van der Waals surface area contributed by atoms with Crippen LogP contribution in [0.25, 0.3) is 0 Å². The summed E-state index contributed by atoms with van der Waals surface area (Å²) in [5.41, 5.74) is 6.51. The number of hydrogen-bond donors (Lipinski definition) is 4. The van der Waals surface area contributed by atoms with Crippen LogP contribution in [-0.2, 0) is 16.0 Å². The molecule has 0 saturated heterocycles. The molecule has 5 N–H and O–H groups in total. The van der Waals surface area contributed by atoms with Crippen molar-refractivity contribution in [2.24, 2.45) is 11.7 Å². The zero-order valence-corrected chi connectivity index (χ0v) is 11.9. The summed E-state index contributed by atoms with van der Waals surface area (Å²) in [5.74, 6) is 0.0564. The first-order valence-corrected chi connectivity index (χ1v) is 7.18. The zero-order chi connectivity index (χ0) is 15.2. The van der Waals surface area contributed by atoms with Gasteiger partial charge in [0.15, 0.2) is 11.5 Å². The van der Waals surface area contributed by atoms with E-state index in [0.29, 0.717) is 31.1 Å². The molecule has 6 nitrogen and oxygen atoms in total. The number of phenols is 2. The number of benzene rings is 1. The maximum absolute atomic E-state index is 11.8. The minimum absolute atomic E-state index is 0.190. The van der Waals surface area contributed by atoms with E-state index in [2.05, 4.69) is 5.32 Å². The quantitative estimate of drug-likeness (QED) is 0.413. The molecule has 1 atom stereocenters. The van der Waals surface area contributed by atoms with Gasteiger partial charge in [-0.3, -0.25) is 4.79 Å². The SMILES string of the molecule is N[C@@H](Cc1ccc(O)c(O)c1)C(=O)NCCOCC1CC1. The molecule has 1 aromatic rings. The lowest BCUT2D eigenvalue weighted by atomic mass is 10.1. The van der Waals surface area contributed by atoms with Crippen LogP contribution in [-0.4, -0.2) is 41.9 Å². The lowest BCUT2D eigenvalue weighted by molar-refractivity contribution is -0.122. The fraction of sp³-hybridized carbons (Fsp3) is 0.533. The van der Waals surface area contributed by atoms with Crippen molar-refractivity contribution in [3.05, 3.63) is 23.8 Å². The zero-order valence-electron chi connectivity index (χ0n) is 11.9. The van der Waals surface area contributed by atoms with E-state index >= 15 is 0 Å². The molecule has 0 aromatic heterocycles. The lowest BCUT2D eigenvalue weighted by Gasteiger charge is -2.13. The third-order valence-corrected chi connectivity index (χ3v) is 3.43. The second kappa shape index (κ2) is 7.28. The van der Waals surface area contributed by atoms with Crippen LogP contribution < -0.4 is 11.1 Å². The van der Waals surface area contributed by atoms with E-state index in [4.69, 9.17) is 10.5 Å². The Morgan fingerprint density at radius 3 is 2.81 bits per heavy atom. The Hall–Kier alpha value is -1.79. The number of phenolic OH excluding ortho intramolecular Hbond substituents is 2. The van der Waals surface area contributed by atoms with Gasteiger partial charge in [0.1, 0.15) is 0 Å². The number of nitrogens with one attached hydrogen (secondary N) is 1. The van der Waals surface area contributed by atoms with E-state index in [1.807, 2.05) is 0 Å². The second-order valence-electron chi connectivity index (χ2n) is 5.44. The Bertz CT molecular complexity index is 489. The molecule has 1 aromatic carbocycles. The first-order chi connectivity index (χ1) is 10.1. The van der Waals surface area contributed by atoms with Crippen LogP contribution in [0.4, 0.5) is 0 Å². The van der Waals surface area contributed by atoms with E-state index in [1.165, 1.54) is 25.0 Å². The van der Waals surface area contributed by atoms with Gasteiger partial charge in [-0.05, 0) is 42.9 Å². The molecule has 116 valence electrons. The van der Waals surface area contributed by atoms with E-state index in [-0.39, 0.29) is 17.4 Å². The van der Waals surface area contributed by atoms with Crippen LogP contribution in [0, 0.1) is 5.92 Å². The monoisotopic (exact) mass is 294 g/mol. The summed E-state index contributed by atoms with van der Waals surface area (Å²) in [6.07, 6.45) is 2.79. The molecule has 0 bridgehead atoms. The molecule has 0 unspecified atom stereocenters. The second-order valence-corrected chi connectivity index (χ2v) is 5.44. The molecule has 1 aliphatic carbocycles. The van der Waals surface area contributed by atoms with Crippen molar-refractivity contribution in [1.82, 2.24) is 5.32 Å². The number of rotatable bonds is 8. The molecule has 21 heavy (non-hydrogen) atoms. The van der Waals surface area contributed by atoms with Crippen LogP contribution in [0.2, 0.25) is 0 Å². The summed E-state index contributed by atoms with van der Waals surface area (Å²) in [7, 11) is 0. The minimum Gasteiger partial charge on any atom is -0.504 e. The molecule has 6 heteroatoms. The topological polar surface area (TPSA) is 105 Å². The van der Waals surface area contributed by atoms with Gasteiger partial charge >= 0.3 is 0 Å². The van der Waals surface area contributed by atoms with Gasteiger partial charge in [0.05, 0.1) is 12.6 Å². The van der Waals surface area contributed by atoms with Gasteiger partial charge in [0, 0.05) is 13.2 Å². The summed E-state index contributed by atoms with van der Waals surface area (Å²) in [6, 6.07) is 3.71. The fourth-order valence-electron chi connectivity index (χ4n) is 1.95. The Kier molecular flexibility index (Phi) is 5.41. The van der Waals surface area contributed by atoms with Gasteiger partial charge < -0.3 is 26.0 Å². The number of ether oxygens (including phenoxy) is 1. The highest BCUT2D eigenvalue weighted by atomic mass is 16.5. The number of nitrogens with two attached hydrogens (primary N) is 1. The first-order valence-electron chi connectivity index (χ1n) is 7.18. The number of carbonyl (C=O) groups is 1. The van der Waals surface area contributed by atoms with Crippen LogP contribution in [0.1, 0.15) is 18.4 Å². The molecule has 0 radical (unpaired) electrons. The predicted octanol–water partition coefficient (Wildman–Crippen LogP) is 0.510. The average molecular weight is 294 g/mol. The summed E-state index contributed by atoms with van der Waals surface area (Å²) in [4.78, 5) is 11.8. The maximum Gasteiger partial charge on any atom is 0.237 e. The molecule has 1 fully saturated rings. The third kappa shape index (κ3) is 5.24. The fourth-order valence-corrected chi connectivity index (χ4v) is 1.95. The number of hydrogen-bond acceptors (Lipinski definition) is 5. The smallest absolute Gasteiger partial charge is 0.237 e. The third-order valence-electron chi connectivity index (χ3n) is 3.43. The van der Waals surface area contributed by atoms with E-state index in [9.17, 15) is 15.0 Å².